The number of rotatable bonds is 4. The standard InChI is InChI=1S/C28H40O/c1-18(2)19(3)7-8-20(4)24-11-12-25-23-10-9-21-17-22(29)13-15-27(21,5)26(23)14-16-28(24,25)6/h7-10,17-20,24,26H,11-16H2,1-6H3/b8-7+. The third kappa shape index (κ3) is 3.33. The lowest BCUT2D eigenvalue weighted by atomic mass is 9.53. The van der Waals surface area contributed by atoms with Crippen molar-refractivity contribution in [1.82, 2.24) is 0 Å². The summed E-state index contributed by atoms with van der Waals surface area (Å²) in [5.74, 6) is 3.69. The summed E-state index contributed by atoms with van der Waals surface area (Å²) in [5, 5.41) is 0. The van der Waals surface area contributed by atoms with Gasteiger partial charge in [-0.3, -0.25) is 4.79 Å². The van der Waals surface area contributed by atoms with Crippen molar-refractivity contribution in [3.63, 3.8) is 0 Å². The van der Waals surface area contributed by atoms with Gasteiger partial charge in [-0.1, -0.05) is 71.4 Å². The van der Waals surface area contributed by atoms with Gasteiger partial charge in [0.05, 0.1) is 0 Å². The Kier molecular flexibility index (Phi) is 5.33. The SMILES string of the molecule is CC(C)C(C)/C=C/C(C)C1CCC2=C3C=CC4=CC(=O)CCC4(C)C3CCC21C. The molecular weight excluding hydrogens is 352 g/mol. The molecule has 0 bridgehead atoms. The van der Waals surface area contributed by atoms with Crippen LogP contribution < -0.4 is 0 Å². The average molecular weight is 393 g/mol. The van der Waals surface area contributed by atoms with Crippen molar-refractivity contribution in [2.24, 2.45) is 40.4 Å². The summed E-state index contributed by atoms with van der Waals surface area (Å²) in [6, 6.07) is 0. The predicted molar refractivity (Wildman–Crippen MR) is 122 cm³/mol. The quantitative estimate of drug-likeness (QED) is 0.454. The number of ketones is 1. The summed E-state index contributed by atoms with van der Waals surface area (Å²) in [6.45, 7) is 14.4. The van der Waals surface area contributed by atoms with Crippen LogP contribution in [0, 0.1) is 40.4 Å². The Morgan fingerprint density at radius 1 is 0.966 bits per heavy atom. The number of hydrogen-bond acceptors (Lipinski definition) is 1. The van der Waals surface area contributed by atoms with Crippen molar-refractivity contribution >= 4 is 5.78 Å². The Morgan fingerprint density at radius 2 is 1.72 bits per heavy atom. The van der Waals surface area contributed by atoms with Crippen molar-refractivity contribution in [3.8, 4) is 0 Å². The molecular formula is C28H40O. The zero-order valence-electron chi connectivity index (χ0n) is 19.4. The van der Waals surface area contributed by atoms with E-state index in [0.29, 0.717) is 34.9 Å². The van der Waals surface area contributed by atoms with Crippen molar-refractivity contribution in [2.75, 3.05) is 0 Å². The smallest absolute Gasteiger partial charge is 0.156 e. The Bertz CT molecular complexity index is 806. The third-order valence-corrected chi connectivity index (χ3v) is 9.37. The highest BCUT2D eigenvalue weighted by molar-refractivity contribution is 5.92. The van der Waals surface area contributed by atoms with Crippen LogP contribution >= 0.6 is 0 Å². The summed E-state index contributed by atoms with van der Waals surface area (Å²) in [6.07, 6.45) is 18.5. The van der Waals surface area contributed by atoms with Gasteiger partial charge >= 0.3 is 0 Å². The first-order chi connectivity index (χ1) is 13.7. The molecule has 0 aliphatic heterocycles. The van der Waals surface area contributed by atoms with Crippen LogP contribution in [0.2, 0.25) is 0 Å². The Labute approximate surface area is 178 Å². The molecule has 158 valence electrons. The second kappa shape index (κ2) is 7.40. The Morgan fingerprint density at radius 3 is 2.45 bits per heavy atom. The van der Waals surface area contributed by atoms with Gasteiger partial charge in [-0.2, -0.15) is 0 Å². The van der Waals surface area contributed by atoms with Crippen molar-refractivity contribution in [3.05, 3.63) is 47.1 Å². The maximum Gasteiger partial charge on any atom is 0.156 e. The van der Waals surface area contributed by atoms with E-state index in [1.165, 1.54) is 31.3 Å². The molecule has 0 spiro atoms. The van der Waals surface area contributed by atoms with Crippen LogP contribution in [0.3, 0.4) is 0 Å². The highest BCUT2D eigenvalue weighted by Crippen LogP contribution is 2.63. The van der Waals surface area contributed by atoms with Crippen LogP contribution in [-0.2, 0) is 4.79 Å². The van der Waals surface area contributed by atoms with Crippen LogP contribution in [0.5, 0.6) is 0 Å². The number of fused-ring (bicyclic) bond motifs is 4. The number of hydrogen-bond donors (Lipinski definition) is 0. The van der Waals surface area contributed by atoms with Gasteiger partial charge in [0.2, 0.25) is 0 Å². The van der Waals surface area contributed by atoms with E-state index < -0.39 is 0 Å². The Balaban J connectivity index is 1.65. The molecule has 1 fully saturated rings. The third-order valence-electron chi connectivity index (χ3n) is 9.37. The van der Waals surface area contributed by atoms with E-state index in [-0.39, 0.29) is 5.41 Å². The predicted octanol–water partition coefficient (Wildman–Crippen LogP) is 7.46. The summed E-state index contributed by atoms with van der Waals surface area (Å²) in [4.78, 5) is 12.0. The number of carbonyl (C=O) groups excluding carboxylic acids is 1. The first-order valence-electron chi connectivity index (χ1n) is 12.0. The lowest BCUT2D eigenvalue weighted by Crippen LogP contribution is -2.41. The fourth-order valence-corrected chi connectivity index (χ4v) is 6.91. The zero-order valence-corrected chi connectivity index (χ0v) is 19.4. The minimum Gasteiger partial charge on any atom is -0.295 e. The van der Waals surface area contributed by atoms with Crippen LogP contribution in [0.1, 0.15) is 80.1 Å². The zero-order chi connectivity index (χ0) is 21.0. The molecule has 0 N–H and O–H groups in total. The molecule has 1 saturated carbocycles. The lowest BCUT2D eigenvalue weighted by Gasteiger charge is -2.51. The molecule has 0 aromatic carbocycles. The topological polar surface area (TPSA) is 17.1 Å². The molecule has 6 unspecified atom stereocenters. The largest absolute Gasteiger partial charge is 0.295 e. The maximum atomic E-state index is 12.0. The maximum absolute atomic E-state index is 12.0. The fraction of sp³-hybridized carbons (Fsp3) is 0.679. The summed E-state index contributed by atoms with van der Waals surface area (Å²) in [5.41, 5.74) is 5.21. The van der Waals surface area contributed by atoms with Crippen molar-refractivity contribution in [2.45, 2.75) is 80.1 Å². The van der Waals surface area contributed by atoms with E-state index >= 15 is 0 Å². The molecule has 1 heteroatoms. The molecule has 0 heterocycles. The van der Waals surface area contributed by atoms with E-state index in [2.05, 4.69) is 65.8 Å². The summed E-state index contributed by atoms with van der Waals surface area (Å²) >= 11 is 0. The van der Waals surface area contributed by atoms with Crippen molar-refractivity contribution in [1.29, 1.82) is 0 Å². The normalized spacial score (nSPS) is 38.7. The Hall–Kier alpha value is -1.37. The molecule has 0 aromatic rings. The minimum atomic E-state index is 0.169. The summed E-state index contributed by atoms with van der Waals surface area (Å²) in [7, 11) is 0. The van der Waals surface area contributed by atoms with Gasteiger partial charge in [-0.15, -0.1) is 0 Å². The number of carbonyl (C=O) groups is 1. The minimum absolute atomic E-state index is 0.169. The first kappa shape index (κ1) is 20.9. The van der Waals surface area contributed by atoms with Gasteiger partial charge in [0.15, 0.2) is 5.78 Å². The second-order valence-corrected chi connectivity index (χ2v) is 11.3. The van der Waals surface area contributed by atoms with Crippen molar-refractivity contribution < 1.29 is 4.79 Å². The molecule has 4 aliphatic rings. The molecule has 0 aromatic heterocycles. The molecule has 0 amide bonds. The molecule has 1 nitrogen and oxygen atoms in total. The lowest BCUT2D eigenvalue weighted by molar-refractivity contribution is -0.116. The van der Waals surface area contributed by atoms with Gasteiger partial charge in [-0.05, 0) is 89.7 Å². The first-order valence-corrected chi connectivity index (χ1v) is 12.0. The molecule has 0 radical (unpaired) electrons. The monoisotopic (exact) mass is 392 g/mol. The fourth-order valence-electron chi connectivity index (χ4n) is 6.91. The molecule has 4 rings (SSSR count). The number of allylic oxidation sites excluding steroid dienone is 8. The second-order valence-electron chi connectivity index (χ2n) is 11.3. The van der Waals surface area contributed by atoms with Gasteiger partial charge in [-0.25, -0.2) is 0 Å². The van der Waals surface area contributed by atoms with E-state index in [1.54, 1.807) is 11.1 Å². The van der Waals surface area contributed by atoms with Gasteiger partial charge in [0.25, 0.3) is 0 Å². The molecule has 29 heavy (non-hydrogen) atoms. The van der Waals surface area contributed by atoms with E-state index in [0.717, 1.165) is 18.8 Å². The van der Waals surface area contributed by atoms with Gasteiger partial charge in [0, 0.05) is 6.42 Å². The van der Waals surface area contributed by atoms with Gasteiger partial charge < -0.3 is 0 Å². The highest BCUT2D eigenvalue weighted by Gasteiger charge is 2.53. The van der Waals surface area contributed by atoms with Crippen LogP contribution in [-0.4, -0.2) is 5.78 Å². The van der Waals surface area contributed by atoms with Crippen LogP contribution in [0.4, 0.5) is 0 Å². The van der Waals surface area contributed by atoms with E-state index in [9.17, 15) is 4.79 Å². The summed E-state index contributed by atoms with van der Waals surface area (Å²) < 4.78 is 0. The van der Waals surface area contributed by atoms with E-state index in [4.69, 9.17) is 0 Å². The van der Waals surface area contributed by atoms with Crippen LogP contribution in [0.15, 0.2) is 47.1 Å². The highest BCUT2D eigenvalue weighted by atomic mass is 16.1. The molecule has 0 saturated heterocycles. The van der Waals surface area contributed by atoms with Crippen LogP contribution in [0.25, 0.3) is 0 Å². The molecule has 4 aliphatic carbocycles. The van der Waals surface area contributed by atoms with Gasteiger partial charge in [0.1, 0.15) is 0 Å². The average Bonchev–Trinajstić information content (AvgIpc) is 3.03. The van der Waals surface area contributed by atoms with E-state index in [1.807, 2.05) is 6.08 Å². The molecule has 6 atom stereocenters.